The highest BCUT2D eigenvalue weighted by molar-refractivity contribution is 5.78. The molecule has 1 fully saturated rings. The molecule has 1 aromatic rings. The van der Waals surface area contributed by atoms with E-state index in [0.29, 0.717) is 6.54 Å². The summed E-state index contributed by atoms with van der Waals surface area (Å²) in [6.45, 7) is 7.90. The van der Waals surface area contributed by atoms with Crippen LogP contribution in [-0.4, -0.2) is 43.7 Å². The average molecular weight is 294 g/mol. The molecule has 0 radical (unpaired) electrons. The highest BCUT2D eigenvalue weighted by atomic mass is 16.5. The summed E-state index contributed by atoms with van der Waals surface area (Å²) >= 11 is 0. The van der Waals surface area contributed by atoms with Gasteiger partial charge >= 0.3 is 0 Å². The Morgan fingerprint density at radius 2 is 2.05 bits per heavy atom. The number of ether oxygens (including phenoxy) is 1. The van der Waals surface area contributed by atoms with Crippen molar-refractivity contribution in [3.05, 3.63) is 24.2 Å². The summed E-state index contributed by atoms with van der Waals surface area (Å²) in [7, 11) is 0. The second kappa shape index (κ2) is 8.20. The number of rotatable bonds is 7. The molecule has 1 N–H and O–H groups in total. The van der Waals surface area contributed by atoms with E-state index in [9.17, 15) is 4.79 Å². The van der Waals surface area contributed by atoms with Crippen molar-refractivity contribution < 1.29 is 13.9 Å². The molecule has 5 heteroatoms. The van der Waals surface area contributed by atoms with Crippen molar-refractivity contribution in [2.45, 2.75) is 32.7 Å². The summed E-state index contributed by atoms with van der Waals surface area (Å²) in [4.78, 5) is 14.5. The number of morpholine rings is 1. The third-order valence-electron chi connectivity index (χ3n) is 4.18. The van der Waals surface area contributed by atoms with E-state index in [1.807, 2.05) is 12.1 Å². The van der Waals surface area contributed by atoms with E-state index < -0.39 is 0 Å². The van der Waals surface area contributed by atoms with Crippen LogP contribution in [0.4, 0.5) is 0 Å². The van der Waals surface area contributed by atoms with Crippen molar-refractivity contribution in [2.75, 3.05) is 32.8 Å². The molecule has 1 aliphatic heterocycles. The predicted molar refractivity (Wildman–Crippen MR) is 80.9 cm³/mol. The largest absolute Gasteiger partial charge is 0.468 e. The molecule has 0 aliphatic carbocycles. The van der Waals surface area contributed by atoms with Gasteiger partial charge in [-0.3, -0.25) is 9.69 Å². The van der Waals surface area contributed by atoms with Gasteiger partial charge in [-0.25, -0.2) is 0 Å². The van der Waals surface area contributed by atoms with Gasteiger partial charge in [0.05, 0.1) is 25.5 Å². The first-order chi connectivity index (χ1) is 10.3. The minimum atomic E-state index is 0.0854. The van der Waals surface area contributed by atoms with Crippen molar-refractivity contribution in [3.63, 3.8) is 0 Å². The summed E-state index contributed by atoms with van der Waals surface area (Å²) in [6.07, 6.45) is 3.45. The van der Waals surface area contributed by atoms with Crippen molar-refractivity contribution in [2.24, 2.45) is 5.92 Å². The monoisotopic (exact) mass is 294 g/mol. The highest BCUT2D eigenvalue weighted by Crippen LogP contribution is 2.22. The predicted octanol–water partition coefficient (Wildman–Crippen LogP) is 2.21. The van der Waals surface area contributed by atoms with Gasteiger partial charge in [0.1, 0.15) is 5.76 Å². The number of furan rings is 1. The molecule has 118 valence electrons. The Bertz CT molecular complexity index is 409. The molecule has 1 aliphatic rings. The number of hydrogen-bond acceptors (Lipinski definition) is 4. The average Bonchev–Trinajstić information content (AvgIpc) is 3.04. The smallest absolute Gasteiger partial charge is 0.223 e. The molecule has 0 spiro atoms. The van der Waals surface area contributed by atoms with Gasteiger partial charge in [-0.15, -0.1) is 0 Å². The Morgan fingerprint density at radius 3 is 2.62 bits per heavy atom. The highest BCUT2D eigenvalue weighted by Gasteiger charge is 2.26. The summed E-state index contributed by atoms with van der Waals surface area (Å²) in [5.41, 5.74) is 0. The number of hydrogen-bond donors (Lipinski definition) is 1. The third kappa shape index (κ3) is 4.32. The summed E-state index contributed by atoms with van der Waals surface area (Å²) in [6, 6.07) is 3.96. The van der Waals surface area contributed by atoms with E-state index in [1.165, 1.54) is 0 Å². The molecule has 5 nitrogen and oxygen atoms in total. The summed E-state index contributed by atoms with van der Waals surface area (Å²) in [5, 5.41) is 3.09. The first-order valence-electron chi connectivity index (χ1n) is 7.89. The standard InChI is InChI=1S/C16H26N2O3/c1-3-13(4-2)16(19)17-12-14(15-6-5-9-21-15)18-7-10-20-11-8-18/h5-6,9,13-14H,3-4,7-8,10-12H2,1-2H3,(H,17,19)/t14-/m0/s1. The Hall–Kier alpha value is -1.33. The van der Waals surface area contributed by atoms with Gasteiger partial charge in [-0.2, -0.15) is 0 Å². The Balaban J connectivity index is 1.98. The molecule has 1 atom stereocenters. The van der Waals surface area contributed by atoms with Crippen LogP contribution in [0.2, 0.25) is 0 Å². The lowest BCUT2D eigenvalue weighted by Gasteiger charge is -2.33. The first-order valence-corrected chi connectivity index (χ1v) is 7.89. The number of carbonyl (C=O) groups excluding carboxylic acids is 1. The molecule has 0 bridgehead atoms. The fourth-order valence-corrected chi connectivity index (χ4v) is 2.78. The van der Waals surface area contributed by atoms with E-state index >= 15 is 0 Å². The molecule has 0 aromatic carbocycles. The van der Waals surface area contributed by atoms with Crippen molar-refractivity contribution >= 4 is 5.91 Å². The van der Waals surface area contributed by atoms with E-state index in [2.05, 4.69) is 24.1 Å². The fourth-order valence-electron chi connectivity index (χ4n) is 2.78. The quantitative estimate of drug-likeness (QED) is 0.837. The van der Waals surface area contributed by atoms with Crippen molar-refractivity contribution in [1.29, 1.82) is 0 Å². The van der Waals surface area contributed by atoms with Gasteiger partial charge in [0.2, 0.25) is 5.91 Å². The number of amides is 1. The topological polar surface area (TPSA) is 54.7 Å². The molecular formula is C16H26N2O3. The van der Waals surface area contributed by atoms with Crippen LogP contribution in [-0.2, 0) is 9.53 Å². The number of nitrogens with zero attached hydrogens (tertiary/aromatic N) is 1. The van der Waals surface area contributed by atoms with E-state index in [-0.39, 0.29) is 17.9 Å². The molecule has 1 amide bonds. The van der Waals surface area contributed by atoms with Crippen molar-refractivity contribution in [3.8, 4) is 0 Å². The molecule has 2 rings (SSSR count). The maximum absolute atomic E-state index is 12.2. The van der Waals surface area contributed by atoms with Crippen molar-refractivity contribution in [1.82, 2.24) is 10.2 Å². The minimum absolute atomic E-state index is 0.0854. The third-order valence-corrected chi connectivity index (χ3v) is 4.18. The Labute approximate surface area is 126 Å². The van der Waals surface area contributed by atoms with E-state index in [4.69, 9.17) is 9.15 Å². The first kappa shape index (κ1) is 16.0. The zero-order chi connectivity index (χ0) is 15.1. The van der Waals surface area contributed by atoms with Crippen LogP contribution in [0.25, 0.3) is 0 Å². The van der Waals surface area contributed by atoms with Crippen LogP contribution in [0.5, 0.6) is 0 Å². The SMILES string of the molecule is CCC(CC)C(=O)NC[C@@H](c1ccco1)N1CCOCC1. The molecular weight excluding hydrogens is 268 g/mol. The summed E-state index contributed by atoms with van der Waals surface area (Å²) in [5.74, 6) is 1.15. The van der Waals surface area contributed by atoms with Crippen LogP contribution < -0.4 is 5.32 Å². The van der Waals surface area contributed by atoms with Gasteiger partial charge in [0, 0.05) is 25.6 Å². The fraction of sp³-hybridized carbons (Fsp3) is 0.688. The lowest BCUT2D eigenvalue weighted by atomic mass is 10.0. The molecule has 1 aromatic heterocycles. The van der Waals surface area contributed by atoms with Crippen LogP contribution >= 0.6 is 0 Å². The lowest BCUT2D eigenvalue weighted by molar-refractivity contribution is -0.125. The molecule has 0 saturated carbocycles. The molecule has 21 heavy (non-hydrogen) atoms. The maximum atomic E-state index is 12.2. The Kier molecular flexibility index (Phi) is 6.26. The van der Waals surface area contributed by atoms with Crippen LogP contribution in [0, 0.1) is 5.92 Å². The van der Waals surface area contributed by atoms with E-state index in [0.717, 1.165) is 44.9 Å². The zero-order valence-corrected chi connectivity index (χ0v) is 13.0. The second-order valence-corrected chi connectivity index (χ2v) is 5.44. The summed E-state index contributed by atoms with van der Waals surface area (Å²) < 4.78 is 11.0. The number of carbonyl (C=O) groups is 1. The number of nitrogens with one attached hydrogen (secondary N) is 1. The van der Waals surface area contributed by atoms with Crippen LogP contribution in [0.1, 0.15) is 38.5 Å². The van der Waals surface area contributed by atoms with Crippen LogP contribution in [0.15, 0.2) is 22.8 Å². The lowest BCUT2D eigenvalue weighted by Crippen LogP contribution is -2.44. The molecule has 2 heterocycles. The van der Waals surface area contributed by atoms with Gasteiger partial charge in [0.25, 0.3) is 0 Å². The maximum Gasteiger partial charge on any atom is 0.223 e. The van der Waals surface area contributed by atoms with E-state index in [1.54, 1.807) is 6.26 Å². The van der Waals surface area contributed by atoms with Gasteiger partial charge in [-0.1, -0.05) is 13.8 Å². The minimum Gasteiger partial charge on any atom is -0.468 e. The van der Waals surface area contributed by atoms with Crippen LogP contribution in [0.3, 0.4) is 0 Å². The molecule has 0 unspecified atom stereocenters. The molecule has 1 saturated heterocycles. The Morgan fingerprint density at radius 1 is 1.33 bits per heavy atom. The second-order valence-electron chi connectivity index (χ2n) is 5.44. The van der Waals surface area contributed by atoms with Gasteiger partial charge in [-0.05, 0) is 25.0 Å². The van der Waals surface area contributed by atoms with Gasteiger partial charge in [0.15, 0.2) is 0 Å². The zero-order valence-electron chi connectivity index (χ0n) is 13.0. The normalized spacial score (nSPS) is 17.9. The van der Waals surface area contributed by atoms with Gasteiger partial charge < -0.3 is 14.5 Å².